The highest BCUT2D eigenvalue weighted by atomic mass is 19.4. The molecule has 10 nitrogen and oxygen atoms in total. The summed E-state index contributed by atoms with van der Waals surface area (Å²) in [6, 6.07) is 3.34. The highest BCUT2D eigenvalue weighted by Gasteiger charge is 2.45. The number of ether oxygens (including phenoxy) is 2. The number of carbonyl (C=O) groups excluding carboxylic acids is 2. The molecule has 3 atom stereocenters. The van der Waals surface area contributed by atoms with Crippen LogP contribution in [0.5, 0.6) is 0 Å². The number of rotatable bonds is 6. The fourth-order valence-electron chi connectivity index (χ4n) is 3.72. The van der Waals surface area contributed by atoms with Gasteiger partial charge < -0.3 is 30.3 Å². The van der Waals surface area contributed by atoms with Crippen LogP contribution in [-0.2, 0) is 14.3 Å². The number of morpholine rings is 2. The van der Waals surface area contributed by atoms with Gasteiger partial charge in [0.25, 0.3) is 5.91 Å². The molecule has 1 unspecified atom stereocenters. The fraction of sp³-hybridized carbons (Fsp3) is 0.600. The van der Waals surface area contributed by atoms with Crippen LogP contribution in [-0.4, -0.2) is 92.7 Å². The Morgan fingerprint density at radius 1 is 1.12 bits per heavy atom. The lowest BCUT2D eigenvalue weighted by Crippen LogP contribution is -2.58. The molecule has 5 N–H and O–H groups in total. The van der Waals surface area contributed by atoms with Gasteiger partial charge in [-0.05, 0) is 17.7 Å². The normalized spacial score (nSPS) is 21.4. The van der Waals surface area contributed by atoms with Crippen LogP contribution in [0.4, 0.5) is 18.0 Å². The number of halogens is 3. The van der Waals surface area contributed by atoms with Gasteiger partial charge >= 0.3 is 12.2 Å². The van der Waals surface area contributed by atoms with Crippen LogP contribution >= 0.6 is 0 Å². The van der Waals surface area contributed by atoms with E-state index < -0.39 is 24.2 Å². The van der Waals surface area contributed by atoms with E-state index in [0.717, 1.165) is 0 Å². The minimum atomic E-state index is -4.74. The number of urea groups is 1. The first-order valence-corrected chi connectivity index (χ1v) is 10.5. The molecule has 33 heavy (non-hydrogen) atoms. The van der Waals surface area contributed by atoms with E-state index in [4.69, 9.17) is 21.1 Å². The Balaban J connectivity index is 1.58. The molecule has 184 valence electrons. The average molecular weight is 475 g/mol. The lowest BCUT2D eigenvalue weighted by molar-refractivity contribution is -0.228. The van der Waals surface area contributed by atoms with Crippen LogP contribution in [0.3, 0.4) is 0 Å². The summed E-state index contributed by atoms with van der Waals surface area (Å²) in [5.41, 5.74) is 5.98. The number of nitrogens with one attached hydrogen (secondary N) is 1. The third-order valence-corrected chi connectivity index (χ3v) is 5.61. The molecule has 0 aliphatic carbocycles. The maximum Gasteiger partial charge on any atom is 0.418 e. The standard InChI is InChI=1S/C20H28F3N5O5/c21-20(22,23)17(33-25)16(24)13-1-3-14(4-2-13)18(29)26-11-15-12-32-10-7-28(15)19(30)27-5-8-31-9-6-27/h1-4,15-17H,5-12,24-25H2,(H,26,29)/t15-,16-,17?/m0/s1. The Morgan fingerprint density at radius 3 is 2.36 bits per heavy atom. The van der Waals surface area contributed by atoms with Gasteiger partial charge in [0.05, 0.1) is 38.5 Å². The minimum Gasteiger partial charge on any atom is -0.378 e. The zero-order chi connectivity index (χ0) is 24.0. The monoisotopic (exact) mass is 475 g/mol. The van der Waals surface area contributed by atoms with Gasteiger partial charge in [-0.2, -0.15) is 13.2 Å². The number of hydrogen-bond acceptors (Lipinski definition) is 7. The summed E-state index contributed by atoms with van der Waals surface area (Å²) in [4.78, 5) is 32.8. The molecule has 0 saturated carbocycles. The fourth-order valence-corrected chi connectivity index (χ4v) is 3.72. The second-order valence-corrected chi connectivity index (χ2v) is 7.76. The molecule has 2 heterocycles. The van der Waals surface area contributed by atoms with E-state index in [2.05, 4.69) is 10.2 Å². The number of benzene rings is 1. The van der Waals surface area contributed by atoms with Crippen LogP contribution in [0.15, 0.2) is 24.3 Å². The summed E-state index contributed by atoms with van der Waals surface area (Å²) in [5, 5.41) is 2.75. The largest absolute Gasteiger partial charge is 0.418 e. The quantitative estimate of drug-likeness (QED) is 0.507. The maximum atomic E-state index is 13.0. The van der Waals surface area contributed by atoms with Crippen molar-refractivity contribution in [3.05, 3.63) is 35.4 Å². The predicted octanol–water partition coefficient (Wildman–Crippen LogP) is 0.390. The first kappa shape index (κ1) is 25.2. The molecule has 3 rings (SSSR count). The van der Waals surface area contributed by atoms with Gasteiger partial charge in [0.2, 0.25) is 0 Å². The van der Waals surface area contributed by atoms with E-state index in [-0.39, 0.29) is 36.4 Å². The molecule has 0 bridgehead atoms. The van der Waals surface area contributed by atoms with E-state index >= 15 is 0 Å². The smallest absolute Gasteiger partial charge is 0.378 e. The van der Waals surface area contributed by atoms with Crippen LogP contribution in [0.1, 0.15) is 22.0 Å². The first-order chi connectivity index (χ1) is 15.7. The van der Waals surface area contributed by atoms with Crippen molar-refractivity contribution in [1.82, 2.24) is 15.1 Å². The second-order valence-electron chi connectivity index (χ2n) is 7.76. The van der Waals surface area contributed by atoms with Crippen molar-refractivity contribution in [2.45, 2.75) is 24.4 Å². The summed E-state index contributed by atoms with van der Waals surface area (Å²) < 4.78 is 49.6. The van der Waals surface area contributed by atoms with E-state index in [0.29, 0.717) is 39.5 Å². The van der Waals surface area contributed by atoms with Gasteiger partial charge in [-0.25, -0.2) is 10.7 Å². The Morgan fingerprint density at radius 2 is 1.76 bits per heavy atom. The number of carbonyl (C=O) groups is 2. The summed E-state index contributed by atoms with van der Waals surface area (Å²) in [6.45, 7) is 3.24. The molecule has 2 fully saturated rings. The SMILES string of the molecule is NOC([C@@H](N)c1ccc(C(=O)NC[C@H]2COCCN2C(=O)N2CCOCC2)cc1)C(F)(F)F. The maximum absolute atomic E-state index is 13.0. The minimum absolute atomic E-state index is 0.113. The molecule has 1 aromatic carbocycles. The molecule has 13 heteroatoms. The lowest BCUT2D eigenvalue weighted by Gasteiger charge is -2.39. The van der Waals surface area contributed by atoms with Crippen LogP contribution in [0, 0.1) is 0 Å². The highest BCUT2D eigenvalue weighted by molar-refractivity contribution is 5.94. The highest BCUT2D eigenvalue weighted by Crippen LogP contribution is 2.30. The van der Waals surface area contributed by atoms with Crippen molar-refractivity contribution < 1.29 is 37.1 Å². The summed E-state index contributed by atoms with van der Waals surface area (Å²) in [6.07, 6.45) is -7.12. The van der Waals surface area contributed by atoms with E-state index in [1.807, 2.05) is 0 Å². The Kier molecular flexibility index (Phi) is 8.48. The van der Waals surface area contributed by atoms with Crippen molar-refractivity contribution >= 4 is 11.9 Å². The van der Waals surface area contributed by atoms with Crippen LogP contribution < -0.4 is 16.9 Å². The second kappa shape index (κ2) is 11.1. The van der Waals surface area contributed by atoms with Crippen molar-refractivity contribution in [2.75, 3.05) is 52.6 Å². The van der Waals surface area contributed by atoms with Crippen molar-refractivity contribution in [3.8, 4) is 0 Å². The molecule has 2 saturated heterocycles. The van der Waals surface area contributed by atoms with Gasteiger partial charge in [0, 0.05) is 31.7 Å². The van der Waals surface area contributed by atoms with Gasteiger partial charge in [0.1, 0.15) is 0 Å². The topological polar surface area (TPSA) is 132 Å². The Hall–Kier alpha value is -2.45. The Bertz CT molecular complexity index is 804. The van der Waals surface area contributed by atoms with E-state index in [9.17, 15) is 22.8 Å². The molecule has 0 radical (unpaired) electrons. The third-order valence-electron chi connectivity index (χ3n) is 5.61. The summed E-state index contributed by atoms with van der Waals surface area (Å²) >= 11 is 0. The number of amides is 3. The van der Waals surface area contributed by atoms with Crippen molar-refractivity contribution in [2.24, 2.45) is 11.6 Å². The van der Waals surface area contributed by atoms with Gasteiger partial charge in [-0.15, -0.1) is 0 Å². The Labute approximate surface area is 188 Å². The zero-order valence-electron chi connectivity index (χ0n) is 17.9. The molecule has 0 aromatic heterocycles. The van der Waals surface area contributed by atoms with Crippen molar-refractivity contribution in [1.29, 1.82) is 0 Å². The number of alkyl halides is 3. The zero-order valence-corrected chi connectivity index (χ0v) is 17.9. The van der Waals surface area contributed by atoms with E-state index in [1.54, 1.807) is 9.80 Å². The molecular formula is C20H28F3N5O5. The molecule has 1 aromatic rings. The van der Waals surface area contributed by atoms with Crippen molar-refractivity contribution in [3.63, 3.8) is 0 Å². The van der Waals surface area contributed by atoms with Gasteiger partial charge in [0.15, 0.2) is 6.10 Å². The lowest BCUT2D eigenvalue weighted by atomic mass is 10.0. The summed E-state index contributed by atoms with van der Waals surface area (Å²) in [5.74, 6) is 4.31. The van der Waals surface area contributed by atoms with Crippen LogP contribution in [0.2, 0.25) is 0 Å². The molecule has 2 aliphatic heterocycles. The number of nitrogens with zero attached hydrogens (tertiary/aromatic N) is 2. The van der Waals surface area contributed by atoms with Gasteiger partial charge in [-0.3, -0.25) is 9.63 Å². The predicted molar refractivity (Wildman–Crippen MR) is 110 cm³/mol. The number of hydrogen-bond donors (Lipinski definition) is 3. The molecule has 0 spiro atoms. The van der Waals surface area contributed by atoms with Crippen LogP contribution in [0.25, 0.3) is 0 Å². The van der Waals surface area contributed by atoms with Gasteiger partial charge in [-0.1, -0.05) is 12.1 Å². The molecular weight excluding hydrogens is 447 g/mol. The number of nitrogens with two attached hydrogens (primary N) is 2. The summed E-state index contributed by atoms with van der Waals surface area (Å²) in [7, 11) is 0. The third kappa shape index (κ3) is 6.32. The average Bonchev–Trinajstić information content (AvgIpc) is 2.82. The molecule has 2 aliphatic rings. The molecule has 3 amide bonds. The van der Waals surface area contributed by atoms with E-state index in [1.165, 1.54) is 24.3 Å². The first-order valence-electron chi connectivity index (χ1n) is 10.5.